The Hall–Kier alpha value is -0.870. The Morgan fingerprint density at radius 2 is 2.17 bits per heavy atom. The van der Waals surface area contributed by atoms with E-state index < -0.39 is 0 Å². The number of hydrogen-bond donors (Lipinski definition) is 0. The van der Waals surface area contributed by atoms with Crippen molar-refractivity contribution in [1.29, 1.82) is 0 Å². The third-order valence-electron chi connectivity index (χ3n) is 4.06. The Balaban J connectivity index is 1.78. The molecule has 0 N–H and O–H groups in total. The zero-order chi connectivity index (χ0) is 12.5. The molecule has 2 heterocycles. The minimum atomic E-state index is 0.721. The van der Waals surface area contributed by atoms with Crippen LogP contribution >= 0.6 is 15.9 Å². The number of halogens is 1. The fraction of sp³-hybridized carbons (Fsp3) is 0.500. The average Bonchev–Trinajstić information content (AvgIpc) is 2.85. The standard InChI is InChI=1S/C14H17BrN2O/c15-14-8-12(4-3-11(14)10-18)17-7-6-16-5-1-2-13(16)9-17/h3-4,8,10,13H,1-2,5-7,9H2. The minimum Gasteiger partial charge on any atom is -0.369 e. The van der Waals surface area contributed by atoms with E-state index in [1.807, 2.05) is 6.07 Å². The number of rotatable bonds is 2. The van der Waals surface area contributed by atoms with Crippen molar-refractivity contribution in [1.82, 2.24) is 4.90 Å². The zero-order valence-electron chi connectivity index (χ0n) is 10.3. The van der Waals surface area contributed by atoms with Crippen molar-refractivity contribution >= 4 is 27.9 Å². The lowest BCUT2D eigenvalue weighted by molar-refractivity contribution is 0.112. The number of fused-ring (bicyclic) bond motifs is 1. The van der Waals surface area contributed by atoms with Crippen molar-refractivity contribution < 1.29 is 4.79 Å². The van der Waals surface area contributed by atoms with Gasteiger partial charge >= 0.3 is 0 Å². The molecule has 3 nitrogen and oxygen atoms in total. The summed E-state index contributed by atoms with van der Waals surface area (Å²) in [5, 5.41) is 0. The molecule has 2 saturated heterocycles. The predicted octanol–water partition coefficient (Wildman–Crippen LogP) is 2.55. The van der Waals surface area contributed by atoms with Crippen molar-refractivity contribution in [3.05, 3.63) is 28.2 Å². The maximum Gasteiger partial charge on any atom is 0.151 e. The van der Waals surface area contributed by atoms with Gasteiger partial charge < -0.3 is 4.90 Å². The van der Waals surface area contributed by atoms with Crippen molar-refractivity contribution in [3.63, 3.8) is 0 Å². The summed E-state index contributed by atoms with van der Waals surface area (Å²) < 4.78 is 0.892. The molecule has 2 aliphatic rings. The summed E-state index contributed by atoms with van der Waals surface area (Å²) in [6.07, 6.45) is 3.55. The highest BCUT2D eigenvalue weighted by atomic mass is 79.9. The van der Waals surface area contributed by atoms with Crippen LogP contribution in [0.25, 0.3) is 0 Å². The maximum atomic E-state index is 10.8. The molecule has 3 rings (SSSR count). The first-order chi connectivity index (χ1) is 8.78. The molecule has 2 aliphatic heterocycles. The number of carbonyl (C=O) groups excluding carboxylic acids is 1. The van der Waals surface area contributed by atoms with Gasteiger partial charge in [-0.1, -0.05) is 0 Å². The van der Waals surface area contributed by atoms with Crippen molar-refractivity contribution in [2.45, 2.75) is 18.9 Å². The van der Waals surface area contributed by atoms with Gasteiger partial charge in [-0.15, -0.1) is 0 Å². The van der Waals surface area contributed by atoms with Gasteiger partial charge in [0, 0.05) is 41.4 Å². The van der Waals surface area contributed by atoms with Gasteiger partial charge in [0.25, 0.3) is 0 Å². The topological polar surface area (TPSA) is 23.6 Å². The maximum absolute atomic E-state index is 10.8. The number of piperazine rings is 1. The summed E-state index contributed by atoms with van der Waals surface area (Å²) in [7, 11) is 0. The monoisotopic (exact) mass is 308 g/mol. The second-order valence-electron chi connectivity index (χ2n) is 5.10. The molecule has 1 atom stereocenters. The Morgan fingerprint density at radius 3 is 2.94 bits per heavy atom. The zero-order valence-corrected chi connectivity index (χ0v) is 11.9. The Labute approximate surface area is 116 Å². The lowest BCUT2D eigenvalue weighted by Crippen LogP contribution is -2.50. The van der Waals surface area contributed by atoms with Crippen LogP contribution < -0.4 is 4.90 Å². The summed E-state index contributed by atoms with van der Waals surface area (Å²) in [6.45, 7) is 4.64. The van der Waals surface area contributed by atoms with Crippen LogP contribution in [0.1, 0.15) is 23.2 Å². The van der Waals surface area contributed by atoms with Crippen molar-refractivity contribution in [2.75, 3.05) is 31.1 Å². The van der Waals surface area contributed by atoms with Crippen LogP contribution in [-0.4, -0.2) is 43.4 Å². The largest absolute Gasteiger partial charge is 0.369 e. The molecule has 0 spiro atoms. The molecule has 0 amide bonds. The summed E-state index contributed by atoms with van der Waals surface area (Å²) in [4.78, 5) is 15.9. The molecule has 0 radical (unpaired) electrons. The van der Waals surface area contributed by atoms with Crippen LogP contribution in [0.4, 0.5) is 5.69 Å². The van der Waals surface area contributed by atoms with Crippen LogP contribution in [0, 0.1) is 0 Å². The smallest absolute Gasteiger partial charge is 0.151 e. The van der Waals surface area contributed by atoms with Gasteiger partial charge in [-0.2, -0.15) is 0 Å². The van der Waals surface area contributed by atoms with E-state index in [0.717, 1.165) is 42.0 Å². The minimum absolute atomic E-state index is 0.721. The third-order valence-corrected chi connectivity index (χ3v) is 4.75. The molecule has 1 aromatic carbocycles. The highest BCUT2D eigenvalue weighted by Crippen LogP contribution is 2.28. The van der Waals surface area contributed by atoms with Gasteiger partial charge in [0.15, 0.2) is 6.29 Å². The van der Waals surface area contributed by atoms with Gasteiger partial charge in [-0.25, -0.2) is 0 Å². The molecule has 4 heteroatoms. The number of benzene rings is 1. The summed E-state index contributed by atoms with van der Waals surface area (Å²) in [5.74, 6) is 0. The average molecular weight is 309 g/mol. The summed E-state index contributed by atoms with van der Waals surface area (Å²) in [6, 6.07) is 6.74. The molecule has 96 valence electrons. The molecular weight excluding hydrogens is 292 g/mol. The molecule has 0 aliphatic carbocycles. The molecule has 1 aromatic rings. The van der Waals surface area contributed by atoms with Gasteiger partial charge in [-0.05, 0) is 53.5 Å². The molecule has 0 bridgehead atoms. The molecule has 1 unspecified atom stereocenters. The Kier molecular flexibility index (Phi) is 3.39. The summed E-state index contributed by atoms with van der Waals surface area (Å²) in [5.41, 5.74) is 1.94. The Morgan fingerprint density at radius 1 is 1.28 bits per heavy atom. The number of anilines is 1. The van der Waals surface area contributed by atoms with Crippen molar-refractivity contribution in [3.8, 4) is 0 Å². The first-order valence-electron chi connectivity index (χ1n) is 6.51. The molecular formula is C14H17BrN2O. The van der Waals surface area contributed by atoms with Gasteiger partial charge in [0.1, 0.15) is 0 Å². The van der Waals surface area contributed by atoms with Crippen molar-refractivity contribution in [2.24, 2.45) is 0 Å². The van der Waals surface area contributed by atoms with Crippen LogP contribution in [-0.2, 0) is 0 Å². The first kappa shape index (κ1) is 12.2. The molecule has 0 saturated carbocycles. The lowest BCUT2D eigenvalue weighted by atomic mass is 10.1. The van der Waals surface area contributed by atoms with Gasteiger partial charge in [0.05, 0.1) is 0 Å². The van der Waals surface area contributed by atoms with E-state index in [2.05, 4.69) is 37.9 Å². The van der Waals surface area contributed by atoms with Crippen LogP contribution in [0.15, 0.2) is 22.7 Å². The number of nitrogens with zero attached hydrogens (tertiary/aromatic N) is 2. The van der Waals surface area contributed by atoms with Crippen LogP contribution in [0.3, 0.4) is 0 Å². The fourth-order valence-electron chi connectivity index (χ4n) is 3.03. The normalized spacial score (nSPS) is 24.1. The molecule has 18 heavy (non-hydrogen) atoms. The van der Waals surface area contributed by atoms with E-state index in [1.54, 1.807) is 0 Å². The van der Waals surface area contributed by atoms with E-state index in [-0.39, 0.29) is 0 Å². The lowest BCUT2D eigenvalue weighted by Gasteiger charge is -2.39. The second-order valence-corrected chi connectivity index (χ2v) is 5.96. The summed E-state index contributed by atoms with van der Waals surface area (Å²) >= 11 is 3.46. The third kappa shape index (κ3) is 2.19. The first-order valence-corrected chi connectivity index (χ1v) is 7.31. The number of carbonyl (C=O) groups is 1. The highest BCUT2D eigenvalue weighted by Gasteiger charge is 2.30. The number of aldehydes is 1. The van der Waals surface area contributed by atoms with E-state index in [4.69, 9.17) is 0 Å². The van der Waals surface area contributed by atoms with E-state index in [9.17, 15) is 4.79 Å². The van der Waals surface area contributed by atoms with Gasteiger partial charge in [-0.3, -0.25) is 9.69 Å². The van der Waals surface area contributed by atoms with Crippen LogP contribution in [0.5, 0.6) is 0 Å². The molecule has 2 fully saturated rings. The fourth-order valence-corrected chi connectivity index (χ4v) is 3.49. The van der Waals surface area contributed by atoms with Crippen LogP contribution in [0.2, 0.25) is 0 Å². The second kappa shape index (κ2) is 5.02. The molecule has 0 aromatic heterocycles. The SMILES string of the molecule is O=Cc1ccc(N2CCN3CCCC3C2)cc1Br. The highest BCUT2D eigenvalue weighted by molar-refractivity contribution is 9.10. The van der Waals surface area contributed by atoms with E-state index in [1.165, 1.54) is 25.1 Å². The van der Waals surface area contributed by atoms with E-state index in [0.29, 0.717) is 0 Å². The van der Waals surface area contributed by atoms with E-state index >= 15 is 0 Å². The Bertz CT molecular complexity index is 463. The van der Waals surface area contributed by atoms with Gasteiger partial charge in [0.2, 0.25) is 0 Å². The predicted molar refractivity (Wildman–Crippen MR) is 76.3 cm³/mol. The number of hydrogen-bond acceptors (Lipinski definition) is 3. The quantitative estimate of drug-likeness (QED) is 0.785.